The summed E-state index contributed by atoms with van der Waals surface area (Å²) in [6, 6.07) is 15.9. The summed E-state index contributed by atoms with van der Waals surface area (Å²) in [5.41, 5.74) is 2.92. The fraction of sp³-hybridized carbons (Fsp3) is 0.333. The van der Waals surface area contributed by atoms with Crippen molar-refractivity contribution in [3.63, 3.8) is 0 Å². The molecule has 1 spiro atoms. The average molecular weight is 435 g/mol. The average Bonchev–Trinajstić information content (AvgIpc) is 3.36. The second-order valence-corrected chi connectivity index (χ2v) is 8.06. The number of benzene rings is 2. The van der Waals surface area contributed by atoms with Gasteiger partial charge in [0.25, 0.3) is 0 Å². The molecule has 2 saturated heterocycles. The number of H-pyrrole nitrogens is 1. The minimum absolute atomic E-state index is 0.227. The number of nitrogens with one attached hydrogen (secondary N) is 1. The molecule has 8 heteroatoms. The maximum atomic E-state index is 12.5. The van der Waals surface area contributed by atoms with Crippen molar-refractivity contribution < 1.29 is 23.9 Å². The molecule has 0 atom stereocenters. The quantitative estimate of drug-likeness (QED) is 0.674. The predicted octanol–water partition coefficient (Wildman–Crippen LogP) is 3.58. The standard InChI is InChI=1S/C23H25N3O3.CO2/c1-28-19-7-8-20-17(14-24-21(20)13-19)15-25-11-9-23(10-12-25)16-26(22(27)29-23)18-5-3-2-4-6-18;2-1-3/h2-8,13-14,24H,9-12,15-16H2,1H3;. The molecule has 166 valence electrons. The SMILES string of the molecule is COc1ccc2c(CN3CCC4(CC3)CN(c3ccccc3)C(=O)O4)c[nH]c2c1.O=C=O. The Balaban J connectivity index is 0.000000775. The number of piperidine rings is 1. The monoisotopic (exact) mass is 435 g/mol. The van der Waals surface area contributed by atoms with Crippen molar-refractivity contribution in [3.05, 3.63) is 60.3 Å². The Kier molecular flexibility index (Phi) is 6.25. The number of rotatable bonds is 4. The number of ether oxygens (including phenoxy) is 2. The minimum atomic E-state index is -0.364. The van der Waals surface area contributed by atoms with Crippen LogP contribution in [0.5, 0.6) is 5.75 Å². The Morgan fingerprint density at radius 1 is 1.12 bits per heavy atom. The number of carbonyl (C=O) groups excluding carboxylic acids is 3. The van der Waals surface area contributed by atoms with E-state index in [-0.39, 0.29) is 17.8 Å². The van der Waals surface area contributed by atoms with E-state index in [4.69, 9.17) is 19.1 Å². The molecule has 1 aromatic heterocycles. The lowest BCUT2D eigenvalue weighted by atomic mass is 9.91. The first kappa shape index (κ1) is 21.6. The third-order valence-corrected chi connectivity index (χ3v) is 6.17. The van der Waals surface area contributed by atoms with Crippen LogP contribution in [-0.2, 0) is 20.9 Å². The van der Waals surface area contributed by atoms with E-state index in [1.54, 1.807) is 12.0 Å². The largest absolute Gasteiger partial charge is 0.497 e. The van der Waals surface area contributed by atoms with Gasteiger partial charge in [0.05, 0.1) is 13.7 Å². The maximum absolute atomic E-state index is 12.5. The van der Waals surface area contributed by atoms with Crippen molar-refractivity contribution in [2.75, 3.05) is 31.6 Å². The van der Waals surface area contributed by atoms with Crippen LogP contribution in [0.2, 0.25) is 0 Å². The molecule has 8 nitrogen and oxygen atoms in total. The summed E-state index contributed by atoms with van der Waals surface area (Å²) in [5.74, 6) is 0.858. The fourth-order valence-electron chi connectivity index (χ4n) is 4.47. The molecule has 1 amide bonds. The van der Waals surface area contributed by atoms with E-state index in [1.807, 2.05) is 42.5 Å². The van der Waals surface area contributed by atoms with Gasteiger partial charge in [0.1, 0.15) is 11.4 Å². The molecule has 2 aliphatic heterocycles. The second kappa shape index (κ2) is 9.26. The Morgan fingerprint density at radius 2 is 1.84 bits per heavy atom. The van der Waals surface area contributed by atoms with Crippen molar-refractivity contribution in [1.82, 2.24) is 9.88 Å². The third-order valence-electron chi connectivity index (χ3n) is 6.17. The molecule has 2 aromatic carbocycles. The number of methoxy groups -OCH3 is 1. The van der Waals surface area contributed by atoms with Crippen molar-refractivity contribution in [3.8, 4) is 5.75 Å². The third kappa shape index (κ3) is 4.37. The highest BCUT2D eigenvalue weighted by atomic mass is 16.6. The summed E-state index contributed by atoms with van der Waals surface area (Å²) in [4.78, 5) is 36.3. The predicted molar refractivity (Wildman–Crippen MR) is 117 cm³/mol. The lowest BCUT2D eigenvalue weighted by Crippen LogP contribution is -2.46. The van der Waals surface area contributed by atoms with E-state index in [2.05, 4.69) is 22.1 Å². The summed E-state index contributed by atoms with van der Waals surface area (Å²) in [6.07, 6.45) is 3.83. The molecule has 5 rings (SSSR count). The van der Waals surface area contributed by atoms with Gasteiger partial charge < -0.3 is 14.5 Å². The summed E-state index contributed by atoms with van der Waals surface area (Å²) in [7, 11) is 1.68. The lowest BCUT2D eigenvalue weighted by Gasteiger charge is -2.37. The van der Waals surface area contributed by atoms with Gasteiger partial charge in [-0.15, -0.1) is 0 Å². The van der Waals surface area contributed by atoms with Crippen LogP contribution in [0.15, 0.2) is 54.7 Å². The molecular formula is C24H25N3O5. The molecule has 3 heterocycles. The van der Waals surface area contributed by atoms with Gasteiger partial charge in [-0.3, -0.25) is 9.80 Å². The highest BCUT2D eigenvalue weighted by Gasteiger charge is 2.47. The molecule has 3 aromatic rings. The van der Waals surface area contributed by atoms with Gasteiger partial charge in [-0.05, 0) is 29.8 Å². The zero-order valence-corrected chi connectivity index (χ0v) is 17.9. The van der Waals surface area contributed by atoms with E-state index >= 15 is 0 Å². The zero-order chi connectivity index (χ0) is 22.6. The molecule has 2 fully saturated rings. The molecule has 0 radical (unpaired) electrons. The van der Waals surface area contributed by atoms with Gasteiger partial charge in [-0.2, -0.15) is 9.59 Å². The fourth-order valence-corrected chi connectivity index (χ4v) is 4.47. The first-order valence-electron chi connectivity index (χ1n) is 10.5. The number of hydrogen-bond acceptors (Lipinski definition) is 6. The Morgan fingerprint density at radius 3 is 2.53 bits per heavy atom. The van der Waals surface area contributed by atoms with Crippen LogP contribution in [0.4, 0.5) is 10.5 Å². The number of para-hydroxylation sites is 1. The molecular weight excluding hydrogens is 410 g/mol. The van der Waals surface area contributed by atoms with Gasteiger partial charge in [0.2, 0.25) is 0 Å². The number of aromatic nitrogens is 1. The molecule has 0 aliphatic carbocycles. The van der Waals surface area contributed by atoms with E-state index in [1.165, 1.54) is 10.9 Å². The Labute approximate surface area is 185 Å². The summed E-state index contributed by atoms with van der Waals surface area (Å²) >= 11 is 0. The number of carbonyl (C=O) groups is 1. The number of likely N-dealkylation sites (tertiary alicyclic amines) is 1. The number of aromatic amines is 1. The molecule has 32 heavy (non-hydrogen) atoms. The number of hydrogen-bond donors (Lipinski definition) is 1. The molecule has 0 unspecified atom stereocenters. The summed E-state index contributed by atoms with van der Waals surface area (Å²) in [6.45, 7) is 3.35. The van der Waals surface area contributed by atoms with Crippen molar-refractivity contribution in [2.45, 2.75) is 25.0 Å². The van der Waals surface area contributed by atoms with Crippen molar-refractivity contribution in [1.29, 1.82) is 0 Å². The van der Waals surface area contributed by atoms with Crippen LogP contribution in [0.25, 0.3) is 10.9 Å². The number of anilines is 1. The summed E-state index contributed by atoms with van der Waals surface area (Å²) < 4.78 is 11.2. The van der Waals surface area contributed by atoms with Crippen LogP contribution in [-0.4, -0.2) is 54.5 Å². The van der Waals surface area contributed by atoms with Crippen LogP contribution >= 0.6 is 0 Å². The second-order valence-electron chi connectivity index (χ2n) is 8.06. The Bertz CT molecular complexity index is 1110. The molecule has 2 aliphatic rings. The van der Waals surface area contributed by atoms with Gasteiger partial charge in [-0.25, -0.2) is 4.79 Å². The zero-order valence-electron chi connectivity index (χ0n) is 17.9. The van der Waals surface area contributed by atoms with Gasteiger partial charge in [-0.1, -0.05) is 18.2 Å². The van der Waals surface area contributed by atoms with E-state index in [0.717, 1.165) is 49.4 Å². The Hall–Kier alpha value is -3.61. The van der Waals surface area contributed by atoms with Crippen LogP contribution in [0.1, 0.15) is 18.4 Å². The smallest absolute Gasteiger partial charge is 0.415 e. The van der Waals surface area contributed by atoms with E-state index in [0.29, 0.717) is 6.54 Å². The normalized spacial score (nSPS) is 17.5. The highest BCUT2D eigenvalue weighted by Crippen LogP contribution is 2.36. The number of amides is 1. The highest BCUT2D eigenvalue weighted by molar-refractivity contribution is 5.90. The van der Waals surface area contributed by atoms with Crippen LogP contribution in [0.3, 0.4) is 0 Å². The molecule has 0 saturated carbocycles. The first-order valence-corrected chi connectivity index (χ1v) is 10.5. The van der Waals surface area contributed by atoms with Crippen LogP contribution < -0.4 is 9.64 Å². The number of fused-ring (bicyclic) bond motifs is 1. The maximum Gasteiger partial charge on any atom is 0.415 e. The van der Waals surface area contributed by atoms with E-state index in [9.17, 15) is 4.79 Å². The summed E-state index contributed by atoms with van der Waals surface area (Å²) in [5, 5.41) is 1.23. The number of nitrogens with zero attached hydrogens (tertiary/aromatic N) is 2. The van der Waals surface area contributed by atoms with Gasteiger partial charge in [0.15, 0.2) is 0 Å². The first-order chi connectivity index (χ1) is 15.6. The minimum Gasteiger partial charge on any atom is -0.497 e. The topological polar surface area (TPSA) is 91.9 Å². The molecule has 1 N–H and O–H groups in total. The van der Waals surface area contributed by atoms with Crippen molar-refractivity contribution in [2.24, 2.45) is 0 Å². The van der Waals surface area contributed by atoms with Crippen LogP contribution in [0, 0.1) is 0 Å². The lowest BCUT2D eigenvalue weighted by molar-refractivity contribution is -0.191. The van der Waals surface area contributed by atoms with E-state index < -0.39 is 0 Å². The van der Waals surface area contributed by atoms with Crippen molar-refractivity contribution >= 4 is 28.8 Å². The molecule has 0 bridgehead atoms. The van der Waals surface area contributed by atoms with Gasteiger partial charge in [0, 0.05) is 61.3 Å². The van der Waals surface area contributed by atoms with Gasteiger partial charge >= 0.3 is 12.2 Å².